The first-order valence-electron chi connectivity index (χ1n) is 11.8. The minimum atomic E-state index is -0.686. The summed E-state index contributed by atoms with van der Waals surface area (Å²) in [6, 6.07) is 29.0. The van der Waals surface area contributed by atoms with Crippen molar-refractivity contribution in [2.75, 3.05) is 5.43 Å². The van der Waals surface area contributed by atoms with Crippen LogP contribution in [-0.2, 0) is 0 Å². The van der Waals surface area contributed by atoms with Gasteiger partial charge in [-0.2, -0.15) is 5.10 Å². The van der Waals surface area contributed by atoms with E-state index in [1.807, 2.05) is 73.7 Å². The maximum absolute atomic E-state index is 11.6. The maximum Gasteiger partial charge on any atom is 0.301 e. The quantitative estimate of drug-likeness (QED) is 0.166. The Labute approximate surface area is 218 Å². The van der Waals surface area contributed by atoms with Gasteiger partial charge in [-0.1, -0.05) is 78.4 Å². The summed E-state index contributed by atoms with van der Waals surface area (Å²) in [5, 5.41) is 27.0. The number of anilines is 1. The van der Waals surface area contributed by atoms with Gasteiger partial charge in [-0.3, -0.25) is 25.7 Å². The normalized spacial score (nSPS) is 14.6. The summed E-state index contributed by atoms with van der Waals surface area (Å²) in [5.41, 5.74) is 6.61. The molecule has 4 aromatic carbocycles. The van der Waals surface area contributed by atoms with Crippen LogP contribution in [0.15, 0.2) is 108 Å². The van der Waals surface area contributed by atoms with Gasteiger partial charge in [-0.25, -0.2) is 0 Å². The minimum Gasteiger partial charge on any atom is -0.456 e. The number of rotatable bonds is 7. The van der Waals surface area contributed by atoms with E-state index in [0.717, 1.165) is 39.6 Å². The number of non-ortho nitro benzene ring substituents is 1. The summed E-state index contributed by atoms with van der Waals surface area (Å²) in [5.74, 6) is 1.11. The molecule has 9 heteroatoms. The highest BCUT2D eigenvalue weighted by molar-refractivity contribution is 5.94. The SMILES string of the molecule is Cc1ccc([C@H]2C(/C=N/Nc3ccc([N+](=O)[O-])cc3[N+](=O)[O-])=C(c3ccccc3)Oc3ccccc32)cc1. The van der Waals surface area contributed by atoms with Crippen LogP contribution in [0.1, 0.15) is 28.2 Å². The Hall–Kier alpha value is -5.31. The second-order valence-electron chi connectivity index (χ2n) is 8.72. The van der Waals surface area contributed by atoms with Gasteiger partial charge in [0.1, 0.15) is 17.2 Å². The van der Waals surface area contributed by atoms with Crippen LogP contribution in [0.2, 0.25) is 0 Å². The standard InChI is InChI=1S/C29H22N4O5/c1-19-11-13-20(14-12-19)28-23-9-5-6-10-27(23)38-29(21-7-3-2-4-8-21)24(28)18-30-31-25-16-15-22(32(34)35)17-26(25)33(36)37/h2-18,28,31H,1H3/b30-18+/t28-/m1/s1. The minimum absolute atomic E-state index is 0.0303. The Balaban J connectivity index is 1.62. The van der Waals surface area contributed by atoms with E-state index in [1.165, 1.54) is 12.1 Å². The number of nitrogens with zero attached hydrogens (tertiary/aromatic N) is 3. The number of benzene rings is 4. The molecular weight excluding hydrogens is 484 g/mol. The Kier molecular flexibility index (Phi) is 6.65. The van der Waals surface area contributed by atoms with Gasteiger partial charge in [-0.15, -0.1) is 0 Å². The Bertz CT molecular complexity index is 1580. The predicted octanol–water partition coefficient (Wildman–Crippen LogP) is 6.84. The topological polar surface area (TPSA) is 120 Å². The number of nitro benzene ring substituents is 2. The van der Waals surface area contributed by atoms with Crippen molar-refractivity contribution in [1.82, 2.24) is 0 Å². The molecule has 0 spiro atoms. The highest BCUT2D eigenvalue weighted by atomic mass is 16.6. The van der Waals surface area contributed by atoms with Crippen molar-refractivity contribution in [2.24, 2.45) is 5.10 Å². The number of hydrogen-bond donors (Lipinski definition) is 1. The van der Waals surface area contributed by atoms with Crippen molar-refractivity contribution in [3.05, 3.63) is 145 Å². The maximum atomic E-state index is 11.6. The molecule has 0 radical (unpaired) electrons. The van der Waals surface area contributed by atoms with Gasteiger partial charge in [-0.05, 0) is 24.6 Å². The first kappa shape index (κ1) is 24.4. The van der Waals surface area contributed by atoms with E-state index >= 15 is 0 Å². The second kappa shape index (κ2) is 10.4. The lowest BCUT2D eigenvalue weighted by molar-refractivity contribution is -0.393. The molecule has 0 unspecified atom stereocenters. The number of fused-ring (bicyclic) bond motifs is 1. The fourth-order valence-electron chi connectivity index (χ4n) is 4.40. The van der Waals surface area contributed by atoms with Crippen LogP contribution in [0.25, 0.3) is 5.76 Å². The molecule has 9 nitrogen and oxygen atoms in total. The lowest BCUT2D eigenvalue weighted by atomic mass is 9.81. The van der Waals surface area contributed by atoms with Crippen molar-refractivity contribution in [2.45, 2.75) is 12.8 Å². The molecule has 1 N–H and O–H groups in total. The zero-order chi connectivity index (χ0) is 26.6. The molecule has 0 fully saturated rings. The highest BCUT2D eigenvalue weighted by Gasteiger charge is 2.31. The van der Waals surface area contributed by atoms with Crippen molar-refractivity contribution >= 4 is 29.0 Å². The number of nitrogens with one attached hydrogen (secondary N) is 1. The Morgan fingerprint density at radius 3 is 2.29 bits per heavy atom. The fourth-order valence-corrected chi connectivity index (χ4v) is 4.40. The second-order valence-corrected chi connectivity index (χ2v) is 8.72. The molecule has 0 saturated carbocycles. The van der Waals surface area contributed by atoms with E-state index in [4.69, 9.17) is 4.74 Å². The first-order valence-corrected chi connectivity index (χ1v) is 11.8. The summed E-state index contributed by atoms with van der Waals surface area (Å²) < 4.78 is 6.39. The molecule has 5 rings (SSSR count). The fraction of sp³-hybridized carbons (Fsp3) is 0.0690. The van der Waals surface area contributed by atoms with Gasteiger partial charge in [0.2, 0.25) is 0 Å². The molecule has 0 aromatic heterocycles. The van der Waals surface area contributed by atoms with Crippen LogP contribution in [0, 0.1) is 27.2 Å². The molecule has 0 bridgehead atoms. The number of ether oxygens (including phenoxy) is 1. The van der Waals surface area contributed by atoms with Crippen LogP contribution in [0.4, 0.5) is 17.1 Å². The summed E-state index contributed by atoms with van der Waals surface area (Å²) in [6.45, 7) is 2.02. The van der Waals surface area contributed by atoms with Crippen molar-refractivity contribution in [3.8, 4) is 5.75 Å². The highest BCUT2D eigenvalue weighted by Crippen LogP contribution is 2.45. The third kappa shape index (κ3) is 4.85. The zero-order valence-electron chi connectivity index (χ0n) is 20.3. The van der Waals surface area contributed by atoms with Gasteiger partial charge >= 0.3 is 5.69 Å². The number of para-hydroxylation sites is 1. The van der Waals surface area contributed by atoms with Crippen molar-refractivity contribution < 1.29 is 14.6 Å². The van der Waals surface area contributed by atoms with Gasteiger partial charge in [0.05, 0.1) is 22.1 Å². The average molecular weight is 507 g/mol. The molecular formula is C29H22N4O5. The van der Waals surface area contributed by atoms with E-state index in [-0.39, 0.29) is 17.3 Å². The van der Waals surface area contributed by atoms with Crippen LogP contribution >= 0.6 is 0 Å². The van der Waals surface area contributed by atoms with Gasteiger partial charge in [0.25, 0.3) is 5.69 Å². The lowest BCUT2D eigenvalue weighted by Crippen LogP contribution is -2.17. The molecule has 0 aliphatic carbocycles. The smallest absolute Gasteiger partial charge is 0.301 e. The molecule has 38 heavy (non-hydrogen) atoms. The molecule has 1 atom stereocenters. The monoisotopic (exact) mass is 506 g/mol. The van der Waals surface area contributed by atoms with E-state index in [2.05, 4.69) is 22.7 Å². The van der Waals surface area contributed by atoms with Gasteiger partial charge in [0.15, 0.2) is 0 Å². The van der Waals surface area contributed by atoms with Crippen molar-refractivity contribution in [3.63, 3.8) is 0 Å². The number of nitro groups is 2. The van der Waals surface area contributed by atoms with Crippen LogP contribution in [0.3, 0.4) is 0 Å². The molecule has 4 aromatic rings. The number of aryl methyl sites for hydroxylation is 1. The summed E-state index contributed by atoms with van der Waals surface area (Å²) in [6.07, 6.45) is 1.59. The van der Waals surface area contributed by atoms with Crippen LogP contribution in [-0.4, -0.2) is 16.1 Å². The van der Waals surface area contributed by atoms with E-state index < -0.39 is 15.5 Å². The zero-order valence-corrected chi connectivity index (χ0v) is 20.3. The van der Waals surface area contributed by atoms with Crippen molar-refractivity contribution in [1.29, 1.82) is 0 Å². The largest absolute Gasteiger partial charge is 0.456 e. The van der Waals surface area contributed by atoms with E-state index in [9.17, 15) is 20.2 Å². The molecule has 0 saturated heterocycles. The number of allylic oxidation sites excluding steroid dienone is 1. The lowest BCUT2D eigenvalue weighted by Gasteiger charge is -2.30. The van der Waals surface area contributed by atoms with Crippen LogP contribution in [0.5, 0.6) is 5.75 Å². The van der Waals surface area contributed by atoms with E-state index in [0.29, 0.717) is 5.76 Å². The Morgan fingerprint density at radius 2 is 1.58 bits per heavy atom. The average Bonchev–Trinajstić information content (AvgIpc) is 2.93. The number of hydrogen-bond acceptors (Lipinski definition) is 7. The third-order valence-electron chi connectivity index (χ3n) is 6.24. The van der Waals surface area contributed by atoms with E-state index in [1.54, 1.807) is 6.21 Å². The predicted molar refractivity (Wildman–Crippen MR) is 145 cm³/mol. The molecule has 188 valence electrons. The van der Waals surface area contributed by atoms with Gasteiger partial charge in [0, 0.05) is 28.7 Å². The summed E-state index contributed by atoms with van der Waals surface area (Å²) in [7, 11) is 0. The summed E-state index contributed by atoms with van der Waals surface area (Å²) >= 11 is 0. The molecule has 1 aliphatic heterocycles. The number of hydrazone groups is 1. The van der Waals surface area contributed by atoms with Gasteiger partial charge < -0.3 is 4.74 Å². The summed E-state index contributed by atoms with van der Waals surface area (Å²) in [4.78, 5) is 21.3. The Morgan fingerprint density at radius 1 is 0.868 bits per heavy atom. The molecule has 0 amide bonds. The molecule has 1 aliphatic rings. The third-order valence-corrected chi connectivity index (χ3v) is 6.24. The molecule has 1 heterocycles. The first-order chi connectivity index (χ1) is 18.4. The van der Waals surface area contributed by atoms with Crippen LogP contribution < -0.4 is 10.2 Å².